The van der Waals surface area contributed by atoms with E-state index >= 15 is 0 Å². The third-order valence-electron chi connectivity index (χ3n) is 5.39. The largest absolute Gasteiger partial charge is 0.357 e. The number of carbonyl (C=O) groups excluding carboxylic acids is 2. The molecule has 0 radical (unpaired) electrons. The van der Waals surface area contributed by atoms with Crippen molar-refractivity contribution in [1.29, 1.82) is 0 Å². The Morgan fingerprint density at radius 2 is 1.93 bits per heavy atom. The molecule has 164 valence electrons. The Bertz CT molecular complexity index is 754. The molecule has 0 unspecified atom stereocenters. The van der Waals surface area contributed by atoms with E-state index in [1.807, 2.05) is 24.3 Å². The minimum atomic E-state index is -0.0719. The van der Waals surface area contributed by atoms with Crippen LogP contribution >= 0.6 is 0 Å². The first-order valence-electron chi connectivity index (χ1n) is 10.9. The minimum absolute atomic E-state index is 0.0719. The summed E-state index contributed by atoms with van der Waals surface area (Å²) in [5.74, 6) is 0.991. The number of rotatable bonds is 8. The standard InChI is InChI=1S/C22H34N6O2/c1-3-24-22(25-10-9-17-5-4-6-18(15-17)21(30)23-2)28-13-11-27(12-14-28)16-20(29)26-19-7-8-19/h4-6,15,19H,3,7-14,16H2,1-2H3,(H,23,30)(H,24,25)(H,26,29). The number of nitrogens with one attached hydrogen (secondary N) is 3. The third-order valence-corrected chi connectivity index (χ3v) is 5.39. The molecular weight excluding hydrogens is 380 g/mol. The first-order valence-corrected chi connectivity index (χ1v) is 10.9. The van der Waals surface area contributed by atoms with E-state index < -0.39 is 0 Å². The summed E-state index contributed by atoms with van der Waals surface area (Å²) in [7, 11) is 1.64. The zero-order chi connectivity index (χ0) is 21.3. The second-order valence-corrected chi connectivity index (χ2v) is 7.87. The molecule has 2 aliphatic rings. The number of guanidine groups is 1. The van der Waals surface area contributed by atoms with Crippen LogP contribution in [-0.2, 0) is 11.2 Å². The van der Waals surface area contributed by atoms with Crippen LogP contribution in [0.4, 0.5) is 0 Å². The van der Waals surface area contributed by atoms with Crippen molar-refractivity contribution in [2.75, 3.05) is 52.9 Å². The molecule has 1 aliphatic carbocycles. The summed E-state index contributed by atoms with van der Waals surface area (Å²) in [6.07, 6.45) is 3.03. The van der Waals surface area contributed by atoms with Gasteiger partial charge < -0.3 is 20.9 Å². The zero-order valence-electron chi connectivity index (χ0n) is 18.1. The maximum Gasteiger partial charge on any atom is 0.251 e. The molecule has 3 N–H and O–H groups in total. The Morgan fingerprint density at radius 3 is 2.60 bits per heavy atom. The SMILES string of the molecule is CCNC(=NCCc1cccc(C(=O)NC)c1)N1CCN(CC(=O)NC2CC2)CC1. The van der Waals surface area contributed by atoms with Crippen molar-refractivity contribution < 1.29 is 9.59 Å². The van der Waals surface area contributed by atoms with Crippen LogP contribution in [0, 0.1) is 0 Å². The van der Waals surface area contributed by atoms with E-state index in [0.29, 0.717) is 24.7 Å². The number of hydrogen-bond acceptors (Lipinski definition) is 4. The molecule has 0 spiro atoms. The van der Waals surface area contributed by atoms with Crippen molar-refractivity contribution in [3.8, 4) is 0 Å². The quantitative estimate of drug-likeness (QED) is 0.425. The van der Waals surface area contributed by atoms with Crippen molar-refractivity contribution in [2.24, 2.45) is 4.99 Å². The molecule has 8 nitrogen and oxygen atoms in total. The van der Waals surface area contributed by atoms with Crippen molar-refractivity contribution in [1.82, 2.24) is 25.8 Å². The molecule has 0 bridgehead atoms. The number of piperazine rings is 1. The third kappa shape index (κ3) is 6.73. The fourth-order valence-corrected chi connectivity index (χ4v) is 3.55. The molecule has 1 saturated carbocycles. The molecule has 1 aromatic carbocycles. The highest BCUT2D eigenvalue weighted by atomic mass is 16.2. The predicted molar refractivity (Wildman–Crippen MR) is 119 cm³/mol. The van der Waals surface area contributed by atoms with Gasteiger partial charge in [-0.15, -0.1) is 0 Å². The molecule has 1 saturated heterocycles. The van der Waals surface area contributed by atoms with Crippen LogP contribution in [0.2, 0.25) is 0 Å². The summed E-state index contributed by atoms with van der Waals surface area (Å²) in [4.78, 5) is 33.1. The summed E-state index contributed by atoms with van der Waals surface area (Å²) in [6.45, 7) is 7.45. The number of nitrogens with zero attached hydrogens (tertiary/aromatic N) is 3. The lowest BCUT2D eigenvalue weighted by Gasteiger charge is -2.36. The van der Waals surface area contributed by atoms with Gasteiger partial charge in [0.05, 0.1) is 6.54 Å². The molecule has 2 fully saturated rings. The Hall–Kier alpha value is -2.61. The van der Waals surface area contributed by atoms with Gasteiger partial charge in [-0.1, -0.05) is 12.1 Å². The fourth-order valence-electron chi connectivity index (χ4n) is 3.55. The van der Waals surface area contributed by atoms with E-state index in [2.05, 4.69) is 32.7 Å². The van der Waals surface area contributed by atoms with Crippen LogP contribution in [0.1, 0.15) is 35.7 Å². The van der Waals surface area contributed by atoms with Crippen LogP contribution in [0.3, 0.4) is 0 Å². The summed E-state index contributed by atoms with van der Waals surface area (Å²) in [5.41, 5.74) is 1.77. The zero-order valence-corrected chi connectivity index (χ0v) is 18.1. The van der Waals surface area contributed by atoms with E-state index in [0.717, 1.165) is 63.5 Å². The maximum absolute atomic E-state index is 12.0. The lowest BCUT2D eigenvalue weighted by molar-refractivity contribution is -0.122. The van der Waals surface area contributed by atoms with Crippen molar-refractivity contribution >= 4 is 17.8 Å². The summed E-state index contributed by atoms with van der Waals surface area (Å²) >= 11 is 0. The Morgan fingerprint density at radius 1 is 1.17 bits per heavy atom. The Balaban J connectivity index is 1.48. The van der Waals surface area contributed by atoms with Crippen molar-refractivity contribution in [3.05, 3.63) is 35.4 Å². The van der Waals surface area contributed by atoms with Crippen molar-refractivity contribution in [3.63, 3.8) is 0 Å². The maximum atomic E-state index is 12.0. The number of carbonyl (C=O) groups is 2. The fraction of sp³-hybridized carbons (Fsp3) is 0.591. The van der Waals surface area contributed by atoms with Gasteiger partial charge in [-0.2, -0.15) is 0 Å². The average molecular weight is 415 g/mol. The average Bonchev–Trinajstić information content (AvgIpc) is 3.57. The summed E-state index contributed by atoms with van der Waals surface area (Å²) < 4.78 is 0. The first-order chi connectivity index (χ1) is 14.6. The van der Waals surface area contributed by atoms with Gasteiger partial charge >= 0.3 is 0 Å². The van der Waals surface area contributed by atoms with E-state index in [1.54, 1.807) is 7.05 Å². The first kappa shape index (κ1) is 22.1. The molecule has 1 aliphatic heterocycles. The molecule has 0 atom stereocenters. The lowest BCUT2D eigenvalue weighted by Crippen LogP contribution is -2.54. The predicted octanol–water partition coefficient (Wildman–Crippen LogP) is 0.450. The molecule has 0 aromatic heterocycles. The van der Waals surface area contributed by atoms with Gasteiger partial charge in [0.15, 0.2) is 5.96 Å². The molecule has 1 aromatic rings. The number of benzene rings is 1. The molecule has 30 heavy (non-hydrogen) atoms. The highest BCUT2D eigenvalue weighted by molar-refractivity contribution is 5.94. The van der Waals surface area contributed by atoms with Crippen LogP contribution in [0.5, 0.6) is 0 Å². The molecule has 2 amide bonds. The van der Waals surface area contributed by atoms with E-state index in [4.69, 9.17) is 4.99 Å². The van der Waals surface area contributed by atoms with Crippen LogP contribution in [0.25, 0.3) is 0 Å². The smallest absolute Gasteiger partial charge is 0.251 e. The minimum Gasteiger partial charge on any atom is -0.357 e. The van der Waals surface area contributed by atoms with Crippen LogP contribution in [-0.4, -0.2) is 86.5 Å². The number of aliphatic imine (C=N–C) groups is 1. The normalized spacial score (nSPS) is 17.5. The molecular formula is C22H34N6O2. The van der Waals surface area contributed by atoms with Crippen molar-refractivity contribution in [2.45, 2.75) is 32.2 Å². The van der Waals surface area contributed by atoms with Crippen LogP contribution < -0.4 is 16.0 Å². The highest BCUT2D eigenvalue weighted by Crippen LogP contribution is 2.18. The van der Waals surface area contributed by atoms with Gasteiger partial charge in [0.2, 0.25) is 5.91 Å². The molecule has 3 rings (SSSR count). The Kier molecular flexibility index (Phi) is 8.07. The second-order valence-electron chi connectivity index (χ2n) is 7.87. The molecule has 1 heterocycles. The van der Waals surface area contributed by atoms with Gasteiger partial charge in [-0.3, -0.25) is 19.5 Å². The van der Waals surface area contributed by atoms with Gasteiger partial charge in [0, 0.05) is 57.9 Å². The van der Waals surface area contributed by atoms with Gasteiger partial charge in [0.1, 0.15) is 0 Å². The van der Waals surface area contributed by atoms with E-state index in [9.17, 15) is 9.59 Å². The molecule has 8 heteroatoms. The monoisotopic (exact) mass is 414 g/mol. The topological polar surface area (TPSA) is 89.1 Å². The van der Waals surface area contributed by atoms with Gasteiger partial charge in [-0.05, 0) is 43.9 Å². The van der Waals surface area contributed by atoms with Crippen LogP contribution in [0.15, 0.2) is 29.3 Å². The van der Waals surface area contributed by atoms with E-state index in [-0.39, 0.29) is 11.8 Å². The lowest BCUT2D eigenvalue weighted by atomic mass is 10.1. The van der Waals surface area contributed by atoms with Gasteiger partial charge in [0.25, 0.3) is 5.91 Å². The summed E-state index contributed by atoms with van der Waals surface area (Å²) in [5, 5.41) is 9.10. The Labute approximate surface area is 179 Å². The van der Waals surface area contributed by atoms with Gasteiger partial charge in [-0.25, -0.2) is 0 Å². The second kappa shape index (κ2) is 11.0. The number of hydrogen-bond donors (Lipinski definition) is 3. The van der Waals surface area contributed by atoms with E-state index in [1.165, 1.54) is 0 Å². The summed E-state index contributed by atoms with van der Waals surface area (Å²) in [6, 6.07) is 8.10. The number of amides is 2. The highest BCUT2D eigenvalue weighted by Gasteiger charge is 2.25.